The van der Waals surface area contributed by atoms with Crippen LogP contribution in [0.5, 0.6) is 0 Å². The van der Waals surface area contributed by atoms with E-state index < -0.39 is 22.9 Å². The van der Waals surface area contributed by atoms with Crippen molar-refractivity contribution >= 4 is 68.4 Å². The lowest BCUT2D eigenvalue weighted by atomic mass is 10.1. The Morgan fingerprint density at radius 2 is 1.69 bits per heavy atom. The first kappa shape index (κ1) is 23.8. The summed E-state index contributed by atoms with van der Waals surface area (Å²) in [6.07, 6.45) is -4.59. The molecule has 4 nitrogen and oxygen atoms in total. The minimum Gasteiger partial charge on any atom is -0.306 e. The second kappa shape index (κ2) is 10.0. The van der Waals surface area contributed by atoms with Crippen molar-refractivity contribution < 1.29 is 22.8 Å². The first-order valence-corrected chi connectivity index (χ1v) is 10.1. The number of carbonyl (C=O) groups is 2. The minimum absolute atomic E-state index is 0.0193. The largest absolute Gasteiger partial charge is 0.401 e. The van der Waals surface area contributed by atoms with E-state index in [1.54, 1.807) is 12.1 Å². The predicted octanol–water partition coefficient (Wildman–Crippen LogP) is 6.87. The maximum absolute atomic E-state index is 12.6. The standard InChI is InChI=1S/C18H13BrCl3F3N2O2/c19-15(18(23,24)25)6-5-9-7-13(22)14(8-12(9)21)26-17(29)27-16(28)10-3-1-2-4-11(10)20/h1-4,7-8,15H,5-6H2,(H2,26,27,28,29). The minimum atomic E-state index is -4.37. The Kier molecular flexibility index (Phi) is 8.22. The Hall–Kier alpha value is -1.48. The van der Waals surface area contributed by atoms with Gasteiger partial charge in [-0.3, -0.25) is 10.1 Å². The van der Waals surface area contributed by atoms with Gasteiger partial charge in [0.25, 0.3) is 5.91 Å². The lowest BCUT2D eigenvalue weighted by Gasteiger charge is -2.15. The molecule has 0 aliphatic rings. The van der Waals surface area contributed by atoms with Crippen molar-refractivity contribution in [3.63, 3.8) is 0 Å². The molecule has 1 unspecified atom stereocenters. The van der Waals surface area contributed by atoms with Gasteiger partial charge in [0.2, 0.25) is 0 Å². The number of amides is 3. The molecule has 2 aromatic rings. The molecule has 3 amide bonds. The number of halogens is 7. The number of nitrogens with one attached hydrogen (secondary N) is 2. The fourth-order valence-corrected chi connectivity index (χ4v) is 3.23. The lowest BCUT2D eigenvalue weighted by molar-refractivity contribution is -0.128. The van der Waals surface area contributed by atoms with E-state index in [9.17, 15) is 22.8 Å². The summed E-state index contributed by atoms with van der Waals surface area (Å²) in [5.74, 6) is -0.720. The first-order chi connectivity index (χ1) is 13.5. The fourth-order valence-electron chi connectivity index (χ4n) is 2.29. The zero-order valence-electron chi connectivity index (χ0n) is 14.4. The number of imide groups is 1. The molecular formula is C18H13BrCl3F3N2O2. The average Bonchev–Trinajstić information content (AvgIpc) is 2.62. The van der Waals surface area contributed by atoms with Gasteiger partial charge < -0.3 is 5.32 Å². The molecule has 2 rings (SSSR count). The highest BCUT2D eigenvalue weighted by Crippen LogP contribution is 2.33. The van der Waals surface area contributed by atoms with Gasteiger partial charge in [-0.25, -0.2) is 4.79 Å². The van der Waals surface area contributed by atoms with Crippen molar-refractivity contribution in [2.45, 2.75) is 23.8 Å². The van der Waals surface area contributed by atoms with Crippen LogP contribution in [0.25, 0.3) is 0 Å². The molecule has 0 saturated carbocycles. The molecule has 0 fully saturated rings. The molecule has 156 valence electrons. The number of benzene rings is 2. The van der Waals surface area contributed by atoms with Crippen molar-refractivity contribution in [1.82, 2.24) is 5.32 Å². The summed E-state index contributed by atoms with van der Waals surface area (Å²) in [4.78, 5) is 22.5. The zero-order chi connectivity index (χ0) is 21.8. The number of rotatable bonds is 5. The van der Waals surface area contributed by atoms with E-state index in [1.807, 2.05) is 0 Å². The molecule has 0 spiro atoms. The van der Waals surface area contributed by atoms with Crippen LogP contribution in [-0.2, 0) is 6.42 Å². The van der Waals surface area contributed by atoms with E-state index in [0.29, 0.717) is 5.56 Å². The molecule has 0 aromatic heterocycles. The van der Waals surface area contributed by atoms with Crippen LogP contribution in [0.2, 0.25) is 15.1 Å². The van der Waals surface area contributed by atoms with Crippen molar-refractivity contribution in [1.29, 1.82) is 0 Å². The maximum atomic E-state index is 12.6. The van der Waals surface area contributed by atoms with Crippen LogP contribution in [0, 0.1) is 0 Å². The zero-order valence-corrected chi connectivity index (χ0v) is 18.3. The van der Waals surface area contributed by atoms with E-state index in [1.165, 1.54) is 24.3 Å². The number of aryl methyl sites for hydroxylation is 1. The molecule has 0 bridgehead atoms. The Labute approximate surface area is 187 Å². The molecule has 1 atom stereocenters. The van der Waals surface area contributed by atoms with Crippen LogP contribution < -0.4 is 10.6 Å². The quantitative estimate of drug-likeness (QED) is 0.413. The number of hydrogen-bond acceptors (Lipinski definition) is 2. The molecule has 0 radical (unpaired) electrons. The monoisotopic (exact) mass is 530 g/mol. The van der Waals surface area contributed by atoms with Crippen LogP contribution in [0.4, 0.5) is 23.7 Å². The highest BCUT2D eigenvalue weighted by Gasteiger charge is 2.37. The Bertz CT molecular complexity index is 926. The molecule has 2 N–H and O–H groups in total. The van der Waals surface area contributed by atoms with E-state index in [4.69, 9.17) is 34.8 Å². The smallest absolute Gasteiger partial charge is 0.306 e. The summed E-state index contributed by atoms with van der Waals surface area (Å²) >= 11 is 20.7. The molecule has 2 aromatic carbocycles. The molecular weight excluding hydrogens is 519 g/mol. The number of urea groups is 1. The van der Waals surface area contributed by atoms with Crippen molar-refractivity contribution in [2.24, 2.45) is 0 Å². The third-order valence-electron chi connectivity index (χ3n) is 3.75. The number of anilines is 1. The SMILES string of the molecule is O=C(NC(=O)c1ccccc1Cl)Nc1cc(Cl)c(CCC(Br)C(F)(F)F)cc1Cl. The van der Waals surface area contributed by atoms with Crippen LogP contribution in [-0.4, -0.2) is 22.9 Å². The van der Waals surface area contributed by atoms with Crippen LogP contribution in [0.3, 0.4) is 0 Å². The van der Waals surface area contributed by atoms with Crippen LogP contribution in [0.1, 0.15) is 22.3 Å². The van der Waals surface area contributed by atoms with Gasteiger partial charge in [-0.15, -0.1) is 0 Å². The lowest BCUT2D eigenvalue weighted by Crippen LogP contribution is -2.34. The summed E-state index contributed by atoms with van der Waals surface area (Å²) in [6, 6.07) is 7.96. The number of carbonyl (C=O) groups excluding carboxylic acids is 2. The Morgan fingerprint density at radius 1 is 1.03 bits per heavy atom. The van der Waals surface area contributed by atoms with Gasteiger partial charge in [-0.2, -0.15) is 13.2 Å². The molecule has 0 heterocycles. The van der Waals surface area contributed by atoms with Gasteiger partial charge in [0.05, 0.1) is 21.3 Å². The normalized spacial score (nSPS) is 12.4. The van der Waals surface area contributed by atoms with E-state index in [2.05, 4.69) is 26.6 Å². The highest BCUT2D eigenvalue weighted by atomic mass is 79.9. The predicted molar refractivity (Wildman–Crippen MR) is 111 cm³/mol. The van der Waals surface area contributed by atoms with Gasteiger partial charge in [0.15, 0.2) is 0 Å². The van der Waals surface area contributed by atoms with Gasteiger partial charge in [-0.05, 0) is 42.7 Å². The van der Waals surface area contributed by atoms with Crippen LogP contribution in [0.15, 0.2) is 36.4 Å². The molecule has 0 aliphatic carbocycles. The van der Waals surface area contributed by atoms with E-state index in [0.717, 1.165) is 0 Å². The second-order valence-electron chi connectivity index (χ2n) is 5.86. The summed E-state index contributed by atoms with van der Waals surface area (Å²) < 4.78 is 37.8. The van der Waals surface area contributed by atoms with Crippen molar-refractivity contribution in [3.05, 3.63) is 62.6 Å². The summed E-state index contributed by atoms with van der Waals surface area (Å²) in [5.41, 5.74) is 0.595. The molecule has 0 saturated heterocycles. The van der Waals surface area contributed by atoms with Crippen LogP contribution >= 0.6 is 50.7 Å². The number of hydrogen-bond donors (Lipinski definition) is 2. The highest BCUT2D eigenvalue weighted by molar-refractivity contribution is 9.09. The first-order valence-electron chi connectivity index (χ1n) is 8.04. The van der Waals surface area contributed by atoms with Gasteiger partial charge in [0, 0.05) is 5.02 Å². The Balaban J connectivity index is 2.04. The molecule has 29 heavy (non-hydrogen) atoms. The van der Waals surface area contributed by atoms with Gasteiger partial charge >= 0.3 is 12.2 Å². The van der Waals surface area contributed by atoms with Crippen molar-refractivity contribution in [2.75, 3.05) is 5.32 Å². The van der Waals surface area contributed by atoms with E-state index in [-0.39, 0.29) is 39.2 Å². The number of alkyl halides is 4. The molecule has 11 heteroatoms. The summed E-state index contributed by atoms with van der Waals surface area (Å²) in [7, 11) is 0. The average molecular weight is 533 g/mol. The van der Waals surface area contributed by atoms with E-state index >= 15 is 0 Å². The molecule has 0 aliphatic heterocycles. The third-order valence-corrected chi connectivity index (χ3v) is 5.72. The third kappa shape index (κ3) is 6.77. The summed E-state index contributed by atoms with van der Waals surface area (Å²) in [5, 5.41) is 4.83. The van der Waals surface area contributed by atoms with Gasteiger partial charge in [0.1, 0.15) is 4.83 Å². The van der Waals surface area contributed by atoms with Gasteiger partial charge in [-0.1, -0.05) is 62.9 Å². The maximum Gasteiger partial charge on any atom is 0.401 e. The second-order valence-corrected chi connectivity index (χ2v) is 8.19. The Morgan fingerprint density at radius 3 is 2.31 bits per heavy atom. The summed E-state index contributed by atoms with van der Waals surface area (Å²) in [6.45, 7) is 0. The van der Waals surface area contributed by atoms with Crippen molar-refractivity contribution in [3.8, 4) is 0 Å². The topological polar surface area (TPSA) is 58.2 Å². The fraction of sp³-hybridized carbons (Fsp3) is 0.222.